The molecule has 126 valence electrons. The van der Waals surface area contributed by atoms with E-state index in [2.05, 4.69) is 0 Å². The summed E-state index contributed by atoms with van der Waals surface area (Å²) in [5.74, 6) is -0.900. The second-order valence-electron chi connectivity index (χ2n) is 4.67. The maximum atomic E-state index is 11.6. The number of carbonyl (C=O) groups excluding carboxylic acids is 2. The monoisotopic (exact) mass is 322 g/mol. The Morgan fingerprint density at radius 3 is 2.30 bits per heavy atom. The molecule has 23 heavy (non-hydrogen) atoms. The highest BCUT2D eigenvalue weighted by Gasteiger charge is 2.06. The van der Waals surface area contributed by atoms with Crippen molar-refractivity contribution in [1.29, 1.82) is 0 Å². The molecule has 1 aromatic carbocycles. The van der Waals surface area contributed by atoms with Crippen LogP contribution in [0.3, 0.4) is 0 Å². The molecule has 0 spiro atoms. The lowest BCUT2D eigenvalue weighted by Crippen LogP contribution is -2.13. The van der Waals surface area contributed by atoms with Crippen LogP contribution in [0.1, 0.15) is 37.0 Å². The molecule has 1 rings (SSSR count). The van der Waals surface area contributed by atoms with E-state index in [0.29, 0.717) is 11.1 Å². The highest BCUT2D eigenvalue weighted by Crippen LogP contribution is 2.02. The standard InChI is InChI=1S/C17H22O6/c1-3-4-8-14(2)16(18)22-12-20-11-21-13-23-17(19)15-9-6-5-7-10-15/h5-10H,3-4,11-13H2,1-2H3. The van der Waals surface area contributed by atoms with Crippen molar-refractivity contribution in [2.45, 2.75) is 26.7 Å². The molecule has 0 heterocycles. The number of ether oxygens (including phenoxy) is 4. The van der Waals surface area contributed by atoms with Gasteiger partial charge in [0.15, 0.2) is 20.4 Å². The summed E-state index contributed by atoms with van der Waals surface area (Å²) in [5, 5.41) is 0. The Balaban J connectivity index is 2.05. The molecule has 0 aliphatic heterocycles. The van der Waals surface area contributed by atoms with Crippen LogP contribution in [-0.4, -0.2) is 32.3 Å². The molecule has 0 saturated carbocycles. The predicted molar refractivity (Wildman–Crippen MR) is 83.4 cm³/mol. The Bertz CT molecular complexity index is 509. The summed E-state index contributed by atoms with van der Waals surface area (Å²) < 4.78 is 19.7. The lowest BCUT2D eigenvalue weighted by Gasteiger charge is -2.08. The first-order chi connectivity index (χ1) is 11.1. The van der Waals surface area contributed by atoms with Crippen LogP contribution in [0.2, 0.25) is 0 Å². The molecule has 0 N–H and O–H groups in total. The van der Waals surface area contributed by atoms with E-state index in [1.165, 1.54) is 0 Å². The van der Waals surface area contributed by atoms with Gasteiger partial charge in [-0.2, -0.15) is 0 Å². The largest absolute Gasteiger partial charge is 0.435 e. The summed E-state index contributed by atoms with van der Waals surface area (Å²) in [5.41, 5.74) is 0.994. The molecule has 0 saturated heterocycles. The fraction of sp³-hybridized carbons (Fsp3) is 0.412. The Hall–Kier alpha value is -2.18. The van der Waals surface area contributed by atoms with Gasteiger partial charge in [0, 0.05) is 5.57 Å². The molecule has 1 aromatic rings. The highest BCUT2D eigenvalue weighted by molar-refractivity contribution is 5.89. The van der Waals surface area contributed by atoms with Gasteiger partial charge < -0.3 is 18.9 Å². The molecule has 0 radical (unpaired) electrons. The summed E-state index contributed by atoms with van der Waals surface area (Å²) >= 11 is 0. The molecule has 0 amide bonds. The summed E-state index contributed by atoms with van der Waals surface area (Å²) in [6, 6.07) is 8.58. The van der Waals surface area contributed by atoms with Crippen LogP contribution in [0.4, 0.5) is 0 Å². The van der Waals surface area contributed by atoms with E-state index < -0.39 is 11.9 Å². The molecular weight excluding hydrogens is 300 g/mol. The van der Waals surface area contributed by atoms with Crippen LogP contribution in [-0.2, 0) is 23.7 Å². The lowest BCUT2D eigenvalue weighted by molar-refractivity contribution is -0.173. The molecule has 0 bridgehead atoms. The van der Waals surface area contributed by atoms with E-state index in [4.69, 9.17) is 18.9 Å². The first kappa shape index (κ1) is 18.9. The summed E-state index contributed by atoms with van der Waals surface area (Å²) in [7, 11) is 0. The number of allylic oxidation sites excluding steroid dienone is 1. The maximum Gasteiger partial charge on any atom is 0.340 e. The predicted octanol–water partition coefficient (Wildman–Crippen LogP) is 3.04. The molecule has 6 heteroatoms. The number of unbranched alkanes of at least 4 members (excludes halogenated alkanes) is 1. The normalized spacial score (nSPS) is 11.1. The molecule has 0 aliphatic carbocycles. The summed E-state index contributed by atoms with van der Waals surface area (Å²) in [4.78, 5) is 23.1. The third-order valence-electron chi connectivity index (χ3n) is 2.78. The number of benzene rings is 1. The van der Waals surface area contributed by atoms with Crippen molar-refractivity contribution in [1.82, 2.24) is 0 Å². The van der Waals surface area contributed by atoms with Crippen molar-refractivity contribution in [2.24, 2.45) is 0 Å². The third-order valence-corrected chi connectivity index (χ3v) is 2.78. The van der Waals surface area contributed by atoms with Gasteiger partial charge in [0.05, 0.1) is 5.56 Å². The second kappa shape index (κ2) is 11.4. The molecule has 0 fully saturated rings. The van der Waals surface area contributed by atoms with Crippen LogP contribution in [0.25, 0.3) is 0 Å². The first-order valence-electron chi connectivity index (χ1n) is 7.36. The van der Waals surface area contributed by atoms with Crippen LogP contribution >= 0.6 is 0 Å². The number of hydrogen-bond donors (Lipinski definition) is 0. The Labute approximate surface area is 136 Å². The van der Waals surface area contributed by atoms with Gasteiger partial charge in [0.25, 0.3) is 0 Å². The number of rotatable bonds is 10. The minimum atomic E-state index is -0.478. The molecule has 0 unspecified atom stereocenters. The first-order valence-corrected chi connectivity index (χ1v) is 7.36. The van der Waals surface area contributed by atoms with E-state index in [1.54, 1.807) is 31.2 Å². The van der Waals surface area contributed by atoms with Crippen LogP contribution in [0.5, 0.6) is 0 Å². The smallest absolute Gasteiger partial charge is 0.340 e. The fourth-order valence-corrected chi connectivity index (χ4v) is 1.53. The topological polar surface area (TPSA) is 71.1 Å². The van der Waals surface area contributed by atoms with E-state index in [1.807, 2.05) is 19.1 Å². The van der Waals surface area contributed by atoms with Crippen LogP contribution in [0, 0.1) is 0 Å². The number of hydrogen-bond acceptors (Lipinski definition) is 6. The van der Waals surface area contributed by atoms with Crippen LogP contribution in [0.15, 0.2) is 42.0 Å². The van der Waals surface area contributed by atoms with Gasteiger partial charge in [-0.05, 0) is 25.5 Å². The summed E-state index contributed by atoms with van der Waals surface area (Å²) in [6.07, 6.45) is 3.62. The van der Waals surface area contributed by atoms with Crippen molar-refractivity contribution >= 4 is 11.9 Å². The highest BCUT2D eigenvalue weighted by atomic mass is 16.8. The minimum absolute atomic E-state index is 0.146. The second-order valence-corrected chi connectivity index (χ2v) is 4.67. The number of carbonyl (C=O) groups is 2. The van der Waals surface area contributed by atoms with Gasteiger partial charge in [0.1, 0.15) is 0 Å². The average Bonchev–Trinajstić information content (AvgIpc) is 2.59. The molecule has 0 atom stereocenters. The maximum absolute atomic E-state index is 11.6. The molecular formula is C17H22O6. The zero-order valence-electron chi connectivity index (χ0n) is 13.4. The van der Waals surface area contributed by atoms with Crippen molar-refractivity contribution in [3.05, 3.63) is 47.5 Å². The van der Waals surface area contributed by atoms with Crippen molar-refractivity contribution in [3.63, 3.8) is 0 Å². The van der Waals surface area contributed by atoms with Crippen LogP contribution < -0.4 is 0 Å². The van der Waals surface area contributed by atoms with Crippen molar-refractivity contribution in [2.75, 3.05) is 20.4 Å². The third kappa shape index (κ3) is 8.13. The number of esters is 2. The Morgan fingerprint density at radius 2 is 1.65 bits per heavy atom. The van der Waals surface area contributed by atoms with Gasteiger partial charge in [0.2, 0.25) is 0 Å². The minimum Gasteiger partial charge on any atom is -0.435 e. The van der Waals surface area contributed by atoms with Gasteiger partial charge in [-0.1, -0.05) is 37.6 Å². The Morgan fingerprint density at radius 1 is 1.00 bits per heavy atom. The van der Waals surface area contributed by atoms with E-state index in [9.17, 15) is 9.59 Å². The Kier molecular flexibility index (Phi) is 9.35. The van der Waals surface area contributed by atoms with Gasteiger partial charge in [-0.25, -0.2) is 9.59 Å². The van der Waals surface area contributed by atoms with Gasteiger partial charge in [-0.15, -0.1) is 0 Å². The molecule has 0 aliphatic rings. The quantitative estimate of drug-likeness (QED) is 0.285. The van der Waals surface area contributed by atoms with Crippen molar-refractivity contribution < 1.29 is 28.5 Å². The lowest BCUT2D eigenvalue weighted by atomic mass is 10.2. The van der Waals surface area contributed by atoms with Crippen molar-refractivity contribution in [3.8, 4) is 0 Å². The SMILES string of the molecule is CCCC=C(C)C(=O)OCOCOCOC(=O)c1ccccc1. The zero-order chi connectivity index (χ0) is 16.9. The van der Waals surface area contributed by atoms with E-state index in [0.717, 1.165) is 12.8 Å². The average molecular weight is 322 g/mol. The van der Waals surface area contributed by atoms with E-state index in [-0.39, 0.29) is 20.4 Å². The summed E-state index contributed by atoms with van der Waals surface area (Å²) in [6.45, 7) is 3.12. The molecule has 0 aromatic heterocycles. The van der Waals surface area contributed by atoms with E-state index >= 15 is 0 Å². The van der Waals surface area contributed by atoms with Gasteiger partial charge >= 0.3 is 11.9 Å². The zero-order valence-corrected chi connectivity index (χ0v) is 13.4. The molecule has 6 nitrogen and oxygen atoms in total. The fourth-order valence-electron chi connectivity index (χ4n) is 1.53. The van der Waals surface area contributed by atoms with Gasteiger partial charge in [-0.3, -0.25) is 0 Å².